The van der Waals surface area contributed by atoms with E-state index in [1.807, 2.05) is 0 Å². The first-order chi connectivity index (χ1) is 10.3. The second-order valence-electron chi connectivity index (χ2n) is 5.34. The van der Waals surface area contributed by atoms with Crippen LogP contribution in [0, 0.1) is 0 Å². The fourth-order valence-electron chi connectivity index (χ4n) is 2.78. The Kier molecular flexibility index (Phi) is 4.34. The van der Waals surface area contributed by atoms with Gasteiger partial charge in [-0.25, -0.2) is 0 Å². The molecule has 2 N–H and O–H groups in total. The summed E-state index contributed by atoms with van der Waals surface area (Å²) in [5, 5.41) is 3.59. The Morgan fingerprint density at radius 3 is 2.52 bits per heavy atom. The van der Waals surface area contributed by atoms with Gasteiger partial charge in [0.1, 0.15) is 0 Å². The number of nitrogens with zero attached hydrogens (tertiary/aromatic N) is 1. The highest BCUT2D eigenvalue weighted by molar-refractivity contribution is 7.17. The van der Waals surface area contributed by atoms with Gasteiger partial charge >= 0.3 is 0 Å². The van der Waals surface area contributed by atoms with Crippen LogP contribution in [0.5, 0.6) is 0 Å². The van der Waals surface area contributed by atoms with Gasteiger partial charge < -0.3 is 5.73 Å². The summed E-state index contributed by atoms with van der Waals surface area (Å²) in [4.78, 5) is 2.34. The quantitative estimate of drug-likeness (QED) is 0.770. The highest BCUT2D eigenvalue weighted by Gasteiger charge is 2.19. The summed E-state index contributed by atoms with van der Waals surface area (Å²) >= 11 is 1.80. The van der Waals surface area contributed by atoms with Crippen LogP contribution in [0.15, 0.2) is 60.0 Å². The molecule has 3 rings (SSSR count). The third kappa shape index (κ3) is 3.00. The highest BCUT2D eigenvalue weighted by atomic mass is 32.1. The van der Waals surface area contributed by atoms with Crippen LogP contribution in [0.25, 0.3) is 10.1 Å². The van der Waals surface area contributed by atoms with Crippen molar-refractivity contribution in [2.24, 2.45) is 5.73 Å². The lowest BCUT2D eigenvalue weighted by Gasteiger charge is -2.27. The molecular formula is C18H20N2S. The van der Waals surface area contributed by atoms with Crippen molar-refractivity contribution >= 4 is 21.4 Å². The number of benzene rings is 2. The first-order valence-corrected chi connectivity index (χ1v) is 8.08. The minimum absolute atomic E-state index is 0.251. The van der Waals surface area contributed by atoms with E-state index in [9.17, 15) is 0 Å². The molecule has 2 nitrogen and oxygen atoms in total. The molecule has 0 radical (unpaired) electrons. The van der Waals surface area contributed by atoms with Gasteiger partial charge in [0.2, 0.25) is 0 Å². The zero-order chi connectivity index (χ0) is 14.7. The van der Waals surface area contributed by atoms with Crippen molar-refractivity contribution in [3.63, 3.8) is 0 Å². The average molecular weight is 296 g/mol. The summed E-state index contributed by atoms with van der Waals surface area (Å²) < 4.78 is 1.33. The standard InChI is InChI=1S/C18H20N2S/c1-20(12-14-7-3-2-4-8-14)17(11-19)16-13-21-18-10-6-5-9-15(16)18/h2-10,13,17H,11-12,19H2,1H3. The molecule has 3 heteroatoms. The summed E-state index contributed by atoms with van der Waals surface area (Å²) in [5.41, 5.74) is 8.73. The molecule has 1 atom stereocenters. The predicted molar refractivity (Wildman–Crippen MR) is 91.5 cm³/mol. The Labute approximate surface area is 129 Å². The lowest BCUT2D eigenvalue weighted by molar-refractivity contribution is 0.243. The number of rotatable bonds is 5. The second kappa shape index (κ2) is 6.39. The molecule has 1 heterocycles. The molecule has 0 fully saturated rings. The van der Waals surface area contributed by atoms with E-state index in [0.29, 0.717) is 6.54 Å². The minimum atomic E-state index is 0.251. The van der Waals surface area contributed by atoms with E-state index in [1.54, 1.807) is 11.3 Å². The van der Waals surface area contributed by atoms with E-state index in [-0.39, 0.29) is 6.04 Å². The van der Waals surface area contributed by atoms with E-state index in [1.165, 1.54) is 21.2 Å². The SMILES string of the molecule is CN(Cc1ccccc1)C(CN)c1csc2ccccc12. The molecule has 0 aliphatic rings. The van der Waals surface area contributed by atoms with Crippen LogP contribution in [0.1, 0.15) is 17.2 Å². The lowest BCUT2D eigenvalue weighted by atomic mass is 10.0. The number of fused-ring (bicyclic) bond motifs is 1. The van der Waals surface area contributed by atoms with Gasteiger partial charge in [-0.2, -0.15) is 0 Å². The zero-order valence-electron chi connectivity index (χ0n) is 12.2. The van der Waals surface area contributed by atoms with E-state index in [0.717, 1.165) is 6.54 Å². The maximum absolute atomic E-state index is 6.07. The van der Waals surface area contributed by atoms with Gasteiger partial charge in [0.15, 0.2) is 0 Å². The predicted octanol–water partition coefficient (Wildman–Crippen LogP) is 4.03. The maximum atomic E-state index is 6.07. The molecule has 3 aromatic rings. The molecule has 1 unspecified atom stereocenters. The topological polar surface area (TPSA) is 29.3 Å². The number of hydrogen-bond donors (Lipinski definition) is 1. The third-order valence-corrected chi connectivity index (χ3v) is 4.88. The molecule has 0 aliphatic carbocycles. The number of thiophene rings is 1. The van der Waals surface area contributed by atoms with Gasteiger partial charge in [0.25, 0.3) is 0 Å². The van der Waals surface area contributed by atoms with Gasteiger partial charge in [-0.1, -0.05) is 48.5 Å². The van der Waals surface area contributed by atoms with Crippen molar-refractivity contribution in [1.29, 1.82) is 0 Å². The molecule has 0 saturated heterocycles. The summed E-state index contributed by atoms with van der Waals surface area (Å²) in [6.45, 7) is 1.54. The molecule has 0 amide bonds. The van der Waals surface area contributed by atoms with Crippen molar-refractivity contribution in [3.8, 4) is 0 Å². The summed E-state index contributed by atoms with van der Waals surface area (Å²) in [6, 6.07) is 19.4. The molecule has 108 valence electrons. The van der Waals surface area contributed by atoms with E-state index in [4.69, 9.17) is 5.73 Å². The van der Waals surface area contributed by atoms with Crippen molar-refractivity contribution in [2.75, 3.05) is 13.6 Å². The minimum Gasteiger partial charge on any atom is -0.329 e. The number of hydrogen-bond acceptors (Lipinski definition) is 3. The van der Waals surface area contributed by atoms with Crippen molar-refractivity contribution in [1.82, 2.24) is 4.90 Å². The number of likely N-dealkylation sites (N-methyl/N-ethyl adjacent to an activating group) is 1. The van der Waals surface area contributed by atoms with Crippen molar-refractivity contribution in [3.05, 3.63) is 71.1 Å². The monoisotopic (exact) mass is 296 g/mol. The van der Waals surface area contributed by atoms with Gasteiger partial charge in [-0.05, 0) is 35.0 Å². The molecule has 0 aliphatic heterocycles. The Balaban J connectivity index is 1.87. The molecule has 0 spiro atoms. The molecule has 2 aromatic carbocycles. The molecule has 0 bridgehead atoms. The van der Waals surface area contributed by atoms with Crippen LogP contribution in [0.3, 0.4) is 0 Å². The summed E-state index contributed by atoms with van der Waals surface area (Å²) in [5.74, 6) is 0. The van der Waals surface area contributed by atoms with Crippen molar-refractivity contribution in [2.45, 2.75) is 12.6 Å². The van der Waals surface area contributed by atoms with Crippen LogP contribution in [-0.4, -0.2) is 18.5 Å². The fraction of sp³-hybridized carbons (Fsp3) is 0.222. The highest BCUT2D eigenvalue weighted by Crippen LogP contribution is 2.32. The average Bonchev–Trinajstić information content (AvgIpc) is 2.93. The zero-order valence-corrected chi connectivity index (χ0v) is 13.0. The molecular weight excluding hydrogens is 276 g/mol. The van der Waals surface area contributed by atoms with Crippen LogP contribution in [-0.2, 0) is 6.54 Å². The molecule has 1 aromatic heterocycles. The van der Waals surface area contributed by atoms with E-state index >= 15 is 0 Å². The van der Waals surface area contributed by atoms with Crippen LogP contribution >= 0.6 is 11.3 Å². The van der Waals surface area contributed by atoms with E-state index < -0.39 is 0 Å². The molecule has 21 heavy (non-hydrogen) atoms. The lowest BCUT2D eigenvalue weighted by Crippen LogP contribution is -2.30. The third-order valence-electron chi connectivity index (χ3n) is 3.90. The van der Waals surface area contributed by atoms with Gasteiger partial charge in [-0.3, -0.25) is 4.90 Å². The van der Waals surface area contributed by atoms with Gasteiger partial charge in [-0.15, -0.1) is 11.3 Å². The van der Waals surface area contributed by atoms with Gasteiger partial charge in [0.05, 0.1) is 0 Å². The van der Waals surface area contributed by atoms with Crippen LogP contribution < -0.4 is 5.73 Å². The Hall–Kier alpha value is -1.68. The van der Waals surface area contributed by atoms with Crippen LogP contribution in [0.2, 0.25) is 0 Å². The first-order valence-electron chi connectivity index (χ1n) is 7.20. The normalized spacial score (nSPS) is 12.9. The largest absolute Gasteiger partial charge is 0.329 e. The smallest absolute Gasteiger partial charge is 0.0485 e. The van der Waals surface area contributed by atoms with Gasteiger partial charge in [0, 0.05) is 23.8 Å². The number of nitrogens with two attached hydrogens (primary N) is 1. The second-order valence-corrected chi connectivity index (χ2v) is 6.25. The van der Waals surface area contributed by atoms with E-state index in [2.05, 4.69) is 71.9 Å². The summed E-state index contributed by atoms with van der Waals surface area (Å²) in [7, 11) is 2.15. The fourth-order valence-corrected chi connectivity index (χ4v) is 3.79. The van der Waals surface area contributed by atoms with Crippen molar-refractivity contribution < 1.29 is 0 Å². The Bertz CT molecular complexity index is 705. The van der Waals surface area contributed by atoms with Crippen LogP contribution in [0.4, 0.5) is 0 Å². The maximum Gasteiger partial charge on any atom is 0.0485 e. The Morgan fingerprint density at radius 2 is 1.76 bits per heavy atom. The molecule has 0 saturated carbocycles. The summed E-state index contributed by atoms with van der Waals surface area (Å²) in [6.07, 6.45) is 0. The first kappa shape index (κ1) is 14.3. The Morgan fingerprint density at radius 1 is 1.05 bits per heavy atom.